The van der Waals surface area contributed by atoms with E-state index in [1.807, 2.05) is 0 Å². The van der Waals surface area contributed by atoms with Gasteiger partial charge >= 0.3 is 0 Å². The fraction of sp³-hybridized carbons (Fsp3) is 0.143. The molecule has 4 nitrogen and oxygen atoms in total. The van der Waals surface area contributed by atoms with E-state index in [0.717, 1.165) is 0 Å². The lowest BCUT2D eigenvalue weighted by atomic mass is 10.0. The Hall–Kier alpha value is -1.78. The van der Waals surface area contributed by atoms with E-state index in [2.05, 4.69) is 11.7 Å². The second-order valence-corrected chi connectivity index (χ2v) is 5.11. The normalized spacial score (nSPS) is 10.6. The average Bonchev–Trinajstić information content (AvgIpc) is 2.64. The second-order valence-electron chi connectivity index (χ2n) is 4.27. The van der Waals surface area contributed by atoms with Crippen molar-refractivity contribution in [3.8, 4) is 0 Å². The number of ketones is 1. The summed E-state index contributed by atoms with van der Waals surface area (Å²) in [5, 5.41) is 3.49. The summed E-state index contributed by atoms with van der Waals surface area (Å²) < 4.78 is 1.32. The highest BCUT2D eigenvalue weighted by atomic mass is 35.5. The first-order valence-corrected chi connectivity index (χ1v) is 6.61. The lowest BCUT2D eigenvalue weighted by Gasteiger charge is -2.02. The van der Waals surface area contributed by atoms with Crippen LogP contribution in [0.4, 0.5) is 0 Å². The SMILES string of the molecule is C=CCn1[nH]c(C)c(C(=O)c2ccc(Cl)cc2Cl)c1=O. The molecule has 2 rings (SSSR count). The maximum atomic E-state index is 12.5. The zero-order valence-corrected chi connectivity index (χ0v) is 12.3. The first-order chi connectivity index (χ1) is 9.45. The van der Waals surface area contributed by atoms with Crippen molar-refractivity contribution in [2.45, 2.75) is 13.5 Å². The van der Waals surface area contributed by atoms with E-state index in [-0.39, 0.29) is 16.1 Å². The van der Waals surface area contributed by atoms with Crippen LogP contribution in [-0.4, -0.2) is 15.6 Å². The lowest BCUT2D eigenvalue weighted by Crippen LogP contribution is -2.21. The number of hydrogen-bond donors (Lipinski definition) is 1. The molecule has 0 bridgehead atoms. The van der Waals surface area contributed by atoms with Gasteiger partial charge in [0.05, 0.1) is 11.6 Å². The molecule has 0 unspecified atom stereocenters. The molecule has 1 aromatic heterocycles. The average molecular weight is 311 g/mol. The minimum absolute atomic E-state index is 0.0797. The Morgan fingerprint density at radius 1 is 1.45 bits per heavy atom. The third kappa shape index (κ3) is 2.57. The third-order valence-corrected chi connectivity index (χ3v) is 3.40. The zero-order valence-electron chi connectivity index (χ0n) is 10.7. The molecule has 0 aliphatic heterocycles. The summed E-state index contributed by atoms with van der Waals surface area (Å²) >= 11 is 11.8. The molecule has 1 aromatic carbocycles. The number of aromatic nitrogens is 2. The number of aryl methyl sites for hydroxylation is 1. The molecule has 1 N–H and O–H groups in total. The van der Waals surface area contributed by atoms with Crippen molar-refractivity contribution >= 4 is 29.0 Å². The Morgan fingerprint density at radius 2 is 2.15 bits per heavy atom. The molecule has 0 spiro atoms. The Bertz CT molecular complexity index is 744. The first-order valence-electron chi connectivity index (χ1n) is 5.85. The Kier molecular flexibility index (Phi) is 4.16. The molecule has 0 amide bonds. The van der Waals surface area contributed by atoms with Gasteiger partial charge in [0.15, 0.2) is 0 Å². The lowest BCUT2D eigenvalue weighted by molar-refractivity contribution is 0.103. The number of nitrogens with one attached hydrogen (secondary N) is 1. The summed E-state index contributed by atoms with van der Waals surface area (Å²) in [6.45, 7) is 5.53. The van der Waals surface area contributed by atoms with Gasteiger partial charge in [0.25, 0.3) is 5.56 Å². The molecule has 0 saturated heterocycles. The standard InChI is InChI=1S/C14H12Cl2N2O2/c1-3-6-18-14(20)12(8(2)17-18)13(19)10-5-4-9(15)7-11(10)16/h3-5,7,17H,1,6H2,2H3. The number of aromatic amines is 1. The molecule has 0 fully saturated rings. The van der Waals surface area contributed by atoms with Gasteiger partial charge in [0.2, 0.25) is 5.78 Å². The van der Waals surface area contributed by atoms with Crippen LogP contribution in [0.5, 0.6) is 0 Å². The zero-order chi connectivity index (χ0) is 14.9. The molecular formula is C14H12Cl2N2O2. The van der Waals surface area contributed by atoms with Crippen molar-refractivity contribution < 1.29 is 4.79 Å². The van der Waals surface area contributed by atoms with Crippen LogP contribution in [0.25, 0.3) is 0 Å². The molecule has 0 aliphatic carbocycles. The largest absolute Gasteiger partial charge is 0.299 e. The monoisotopic (exact) mass is 310 g/mol. The van der Waals surface area contributed by atoms with E-state index < -0.39 is 11.3 Å². The number of halogens is 2. The summed E-state index contributed by atoms with van der Waals surface area (Å²) in [5.74, 6) is -0.423. The molecule has 0 radical (unpaired) electrons. The number of carbonyl (C=O) groups excluding carboxylic acids is 1. The number of nitrogens with zero attached hydrogens (tertiary/aromatic N) is 1. The van der Waals surface area contributed by atoms with Crippen LogP contribution in [0, 0.1) is 6.92 Å². The van der Waals surface area contributed by atoms with E-state index in [9.17, 15) is 9.59 Å². The maximum absolute atomic E-state index is 12.5. The van der Waals surface area contributed by atoms with Crippen LogP contribution in [0.1, 0.15) is 21.6 Å². The topological polar surface area (TPSA) is 54.9 Å². The first kappa shape index (κ1) is 14.6. The van der Waals surface area contributed by atoms with E-state index in [4.69, 9.17) is 23.2 Å². The van der Waals surface area contributed by atoms with Gasteiger partial charge in [-0.25, -0.2) is 4.68 Å². The van der Waals surface area contributed by atoms with Crippen LogP contribution >= 0.6 is 23.2 Å². The summed E-state index contributed by atoms with van der Waals surface area (Å²) in [6, 6.07) is 4.54. The molecule has 0 aliphatic rings. The van der Waals surface area contributed by atoms with Crippen LogP contribution in [-0.2, 0) is 6.54 Å². The Morgan fingerprint density at radius 3 is 2.75 bits per heavy atom. The van der Waals surface area contributed by atoms with Crippen LogP contribution in [0.3, 0.4) is 0 Å². The molecule has 2 aromatic rings. The predicted molar refractivity (Wildman–Crippen MR) is 79.9 cm³/mol. The third-order valence-electron chi connectivity index (χ3n) is 2.85. The van der Waals surface area contributed by atoms with Gasteiger partial charge in [-0.3, -0.25) is 14.7 Å². The van der Waals surface area contributed by atoms with Gasteiger partial charge in [-0.2, -0.15) is 0 Å². The summed E-state index contributed by atoms with van der Waals surface area (Å²) in [6.07, 6.45) is 1.57. The molecule has 1 heterocycles. The summed E-state index contributed by atoms with van der Waals surface area (Å²) in [7, 11) is 0. The van der Waals surface area contributed by atoms with Crippen molar-refractivity contribution in [3.63, 3.8) is 0 Å². The number of allylic oxidation sites excluding steroid dienone is 1. The minimum Gasteiger partial charge on any atom is -0.299 e. The van der Waals surface area contributed by atoms with Crippen molar-refractivity contribution in [3.05, 3.63) is 68.1 Å². The van der Waals surface area contributed by atoms with E-state index in [1.54, 1.807) is 19.1 Å². The fourth-order valence-electron chi connectivity index (χ4n) is 1.94. The van der Waals surface area contributed by atoms with E-state index in [0.29, 0.717) is 17.3 Å². The number of carbonyl (C=O) groups is 1. The van der Waals surface area contributed by atoms with Crippen molar-refractivity contribution in [2.24, 2.45) is 0 Å². The molecular weight excluding hydrogens is 299 g/mol. The summed E-state index contributed by atoms with van der Waals surface area (Å²) in [4.78, 5) is 24.6. The fourth-order valence-corrected chi connectivity index (χ4v) is 2.43. The van der Waals surface area contributed by atoms with E-state index >= 15 is 0 Å². The van der Waals surface area contributed by atoms with Gasteiger partial charge in [-0.05, 0) is 25.1 Å². The number of rotatable bonds is 4. The van der Waals surface area contributed by atoms with Crippen LogP contribution < -0.4 is 5.56 Å². The van der Waals surface area contributed by atoms with E-state index in [1.165, 1.54) is 16.8 Å². The van der Waals surface area contributed by atoms with Gasteiger partial charge in [0, 0.05) is 16.3 Å². The Labute approximate surface area is 125 Å². The molecule has 0 atom stereocenters. The number of benzene rings is 1. The second kappa shape index (κ2) is 5.69. The van der Waals surface area contributed by atoms with Crippen molar-refractivity contribution in [1.29, 1.82) is 0 Å². The number of H-pyrrole nitrogens is 1. The molecule has 6 heteroatoms. The van der Waals surface area contributed by atoms with Crippen LogP contribution in [0.2, 0.25) is 10.0 Å². The van der Waals surface area contributed by atoms with Crippen molar-refractivity contribution in [2.75, 3.05) is 0 Å². The molecule has 20 heavy (non-hydrogen) atoms. The smallest absolute Gasteiger partial charge is 0.278 e. The highest BCUT2D eigenvalue weighted by molar-refractivity contribution is 6.37. The molecule has 0 saturated carbocycles. The minimum atomic E-state index is -0.423. The van der Waals surface area contributed by atoms with Crippen molar-refractivity contribution in [1.82, 2.24) is 9.78 Å². The quantitative estimate of drug-likeness (QED) is 0.696. The Balaban J connectivity index is 2.54. The summed E-state index contributed by atoms with van der Waals surface area (Å²) in [5.41, 5.74) is 0.434. The highest BCUT2D eigenvalue weighted by Crippen LogP contribution is 2.23. The number of hydrogen-bond acceptors (Lipinski definition) is 2. The van der Waals surface area contributed by atoms with Gasteiger partial charge < -0.3 is 0 Å². The van der Waals surface area contributed by atoms with Gasteiger partial charge in [-0.15, -0.1) is 6.58 Å². The predicted octanol–water partition coefficient (Wildman–Crippen LogP) is 3.21. The highest BCUT2D eigenvalue weighted by Gasteiger charge is 2.21. The van der Waals surface area contributed by atoms with Gasteiger partial charge in [0.1, 0.15) is 5.56 Å². The van der Waals surface area contributed by atoms with Crippen LogP contribution in [0.15, 0.2) is 35.6 Å². The maximum Gasteiger partial charge on any atom is 0.278 e. The van der Waals surface area contributed by atoms with Gasteiger partial charge in [-0.1, -0.05) is 29.3 Å². The molecule has 104 valence electrons.